The van der Waals surface area contributed by atoms with Gasteiger partial charge in [-0.15, -0.1) is 0 Å². The summed E-state index contributed by atoms with van der Waals surface area (Å²) in [5.41, 5.74) is 6.57. The molecular weight excluding hydrogens is 272 g/mol. The first-order valence-corrected chi connectivity index (χ1v) is 6.18. The smallest absolute Gasteiger partial charge is 0.123 e. The van der Waals surface area contributed by atoms with E-state index in [1.807, 2.05) is 18.2 Å². The molecule has 2 N–H and O–H groups in total. The van der Waals surface area contributed by atoms with E-state index >= 15 is 0 Å². The molecule has 2 rings (SSSR count). The summed E-state index contributed by atoms with van der Waals surface area (Å²) in [7, 11) is 0. The van der Waals surface area contributed by atoms with Crippen molar-refractivity contribution in [3.63, 3.8) is 0 Å². The Kier molecular flexibility index (Phi) is 3.62. The van der Waals surface area contributed by atoms with E-state index in [1.165, 1.54) is 18.2 Å². The van der Waals surface area contributed by atoms with Gasteiger partial charge in [-0.2, -0.15) is 0 Å². The Hall–Kier alpha value is -1.09. The zero-order valence-corrected chi connectivity index (χ0v) is 11.3. The van der Waals surface area contributed by atoms with Crippen molar-refractivity contribution in [2.75, 3.05) is 0 Å². The first-order chi connectivity index (χ1) is 8.43. The van der Waals surface area contributed by atoms with Crippen LogP contribution in [0, 0.1) is 5.82 Å². The van der Waals surface area contributed by atoms with Crippen LogP contribution in [0.5, 0.6) is 0 Å². The van der Waals surface area contributed by atoms with E-state index in [-0.39, 0.29) is 5.82 Å². The van der Waals surface area contributed by atoms with Crippen molar-refractivity contribution >= 4 is 23.2 Å². The van der Waals surface area contributed by atoms with Crippen molar-refractivity contribution in [2.45, 2.75) is 12.5 Å². The van der Waals surface area contributed by atoms with Gasteiger partial charge in [0.15, 0.2) is 0 Å². The van der Waals surface area contributed by atoms with Gasteiger partial charge in [0, 0.05) is 10.0 Å². The molecule has 4 heteroatoms. The van der Waals surface area contributed by atoms with Gasteiger partial charge in [0.25, 0.3) is 0 Å². The van der Waals surface area contributed by atoms with E-state index < -0.39 is 5.54 Å². The Morgan fingerprint density at radius 1 is 1.00 bits per heavy atom. The minimum atomic E-state index is -0.947. The fourth-order valence-corrected chi connectivity index (χ4v) is 2.57. The normalized spacial score (nSPS) is 14.3. The molecule has 18 heavy (non-hydrogen) atoms. The number of hydrogen-bond acceptors (Lipinski definition) is 1. The number of hydrogen-bond donors (Lipinski definition) is 1. The standard InChI is InChI=1S/C14H12Cl2FN/c1-14(18,10-4-2-3-5-12(10)15)11-8-9(17)6-7-13(11)16/h2-8H,18H2,1H3. The van der Waals surface area contributed by atoms with Gasteiger partial charge in [-0.3, -0.25) is 0 Å². The van der Waals surface area contributed by atoms with E-state index in [2.05, 4.69) is 0 Å². The van der Waals surface area contributed by atoms with E-state index in [0.717, 1.165) is 0 Å². The molecule has 0 aliphatic rings. The van der Waals surface area contributed by atoms with Gasteiger partial charge in [0.05, 0.1) is 5.54 Å². The molecular formula is C14H12Cl2FN. The lowest BCUT2D eigenvalue weighted by molar-refractivity contribution is 0.582. The van der Waals surface area contributed by atoms with Crippen LogP contribution >= 0.6 is 23.2 Å². The fourth-order valence-electron chi connectivity index (χ4n) is 1.92. The van der Waals surface area contributed by atoms with Gasteiger partial charge in [-0.05, 0) is 42.3 Å². The van der Waals surface area contributed by atoms with Crippen molar-refractivity contribution in [3.05, 3.63) is 69.5 Å². The number of halogens is 3. The third-order valence-corrected chi connectivity index (χ3v) is 3.58. The number of rotatable bonds is 2. The summed E-state index contributed by atoms with van der Waals surface area (Å²) < 4.78 is 13.3. The maximum absolute atomic E-state index is 13.3. The van der Waals surface area contributed by atoms with Crippen LogP contribution in [0.25, 0.3) is 0 Å². The van der Waals surface area contributed by atoms with E-state index in [9.17, 15) is 4.39 Å². The summed E-state index contributed by atoms with van der Waals surface area (Å²) in [6, 6.07) is 11.3. The van der Waals surface area contributed by atoms with Crippen LogP contribution in [0.3, 0.4) is 0 Å². The number of nitrogens with two attached hydrogens (primary N) is 1. The topological polar surface area (TPSA) is 26.0 Å². The predicted molar refractivity (Wildman–Crippen MR) is 73.5 cm³/mol. The molecule has 0 spiro atoms. The third kappa shape index (κ3) is 2.37. The molecule has 0 aliphatic heterocycles. The van der Waals surface area contributed by atoms with Gasteiger partial charge in [-0.1, -0.05) is 41.4 Å². The fraction of sp³-hybridized carbons (Fsp3) is 0.143. The van der Waals surface area contributed by atoms with Crippen LogP contribution < -0.4 is 5.73 Å². The van der Waals surface area contributed by atoms with Crippen LogP contribution in [0.2, 0.25) is 10.0 Å². The summed E-state index contributed by atoms with van der Waals surface area (Å²) in [6.07, 6.45) is 0. The van der Waals surface area contributed by atoms with Crippen molar-refractivity contribution in [3.8, 4) is 0 Å². The summed E-state index contributed by atoms with van der Waals surface area (Å²) in [6.45, 7) is 1.76. The maximum atomic E-state index is 13.3. The molecule has 1 atom stereocenters. The summed E-state index contributed by atoms with van der Waals surface area (Å²) in [4.78, 5) is 0. The van der Waals surface area contributed by atoms with Gasteiger partial charge < -0.3 is 5.73 Å². The maximum Gasteiger partial charge on any atom is 0.123 e. The Morgan fingerprint density at radius 2 is 1.61 bits per heavy atom. The highest BCUT2D eigenvalue weighted by molar-refractivity contribution is 6.32. The zero-order chi connectivity index (χ0) is 13.3. The molecule has 0 aliphatic carbocycles. The highest BCUT2D eigenvalue weighted by Crippen LogP contribution is 2.35. The lowest BCUT2D eigenvalue weighted by Gasteiger charge is -2.28. The van der Waals surface area contributed by atoms with Crippen molar-refractivity contribution < 1.29 is 4.39 Å². The van der Waals surface area contributed by atoms with Crippen molar-refractivity contribution in [1.82, 2.24) is 0 Å². The van der Waals surface area contributed by atoms with Crippen LogP contribution in [-0.4, -0.2) is 0 Å². The van der Waals surface area contributed by atoms with Crippen LogP contribution in [0.1, 0.15) is 18.1 Å². The van der Waals surface area contributed by atoms with E-state index in [1.54, 1.807) is 13.0 Å². The van der Waals surface area contributed by atoms with Crippen LogP contribution in [0.4, 0.5) is 4.39 Å². The van der Waals surface area contributed by atoms with Crippen molar-refractivity contribution in [2.24, 2.45) is 5.73 Å². The minimum absolute atomic E-state index is 0.377. The van der Waals surface area contributed by atoms with Gasteiger partial charge in [0.1, 0.15) is 5.82 Å². The first-order valence-electron chi connectivity index (χ1n) is 5.42. The van der Waals surface area contributed by atoms with E-state index in [0.29, 0.717) is 21.2 Å². The zero-order valence-electron chi connectivity index (χ0n) is 9.75. The second kappa shape index (κ2) is 4.88. The average Bonchev–Trinajstić information content (AvgIpc) is 2.32. The molecule has 1 nitrogen and oxygen atoms in total. The van der Waals surface area contributed by atoms with Gasteiger partial charge in [0.2, 0.25) is 0 Å². The summed E-state index contributed by atoms with van der Waals surface area (Å²) >= 11 is 12.2. The highest BCUT2D eigenvalue weighted by atomic mass is 35.5. The third-order valence-electron chi connectivity index (χ3n) is 2.92. The first kappa shape index (κ1) is 13.3. The Balaban J connectivity index is 2.61. The molecule has 0 heterocycles. The predicted octanol–water partition coefficient (Wildman–Crippen LogP) is 4.35. The Bertz CT molecular complexity index is 582. The highest BCUT2D eigenvalue weighted by Gasteiger charge is 2.28. The molecule has 0 amide bonds. The minimum Gasteiger partial charge on any atom is -0.318 e. The molecule has 0 bridgehead atoms. The average molecular weight is 284 g/mol. The van der Waals surface area contributed by atoms with E-state index in [4.69, 9.17) is 28.9 Å². The molecule has 0 radical (unpaired) electrons. The quantitative estimate of drug-likeness (QED) is 0.871. The number of benzene rings is 2. The molecule has 2 aromatic rings. The summed E-state index contributed by atoms with van der Waals surface area (Å²) in [5.74, 6) is -0.377. The lowest BCUT2D eigenvalue weighted by atomic mass is 9.85. The molecule has 2 aromatic carbocycles. The second-order valence-corrected chi connectivity index (χ2v) is 5.12. The molecule has 1 unspecified atom stereocenters. The molecule has 0 saturated carbocycles. The van der Waals surface area contributed by atoms with Gasteiger partial charge in [-0.25, -0.2) is 4.39 Å². The van der Waals surface area contributed by atoms with Crippen molar-refractivity contribution in [1.29, 1.82) is 0 Å². The Morgan fingerprint density at radius 3 is 2.28 bits per heavy atom. The molecule has 0 saturated heterocycles. The lowest BCUT2D eigenvalue weighted by Crippen LogP contribution is -2.35. The van der Waals surface area contributed by atoms with Gasteiger partial charge >= 0.3 is 0 Å². The molecule has 94 valence electrons. The largest absolute Gasteiger partial charge is 0.318 e. The second-order valence-electron chi connectivity index (χ2n) is 4.31. The monoisotopic (exact) mass is 283 g/mol. The molecule has 0 fully saturated rings. The van der Waals surface area contributed by atoms with Crippen LogP contribution in [-0.2, 0) is 5.54 Å². The Labute approximate surface area is 115 Å². The SMILES string of the molecule is CC(N)(c1ccccc1Cl)c1cc(F)ccc1Cl. The molecule has 0 aromatic heterocycles. The van der Waals surface area contributed by atoms with Crippen LogP contribution in [0.15, 0.2) is 42.5 Å². The summed E-state index contributed by atoms with van der Waals surface area (Å²) in [5, 5.41) is 0.948.